The summed E-state index contributed by atoms with van der Waals surface area (Å²) in [6, 6.07) is 12.1. The Balaban J connectivity index is 2.05. The summed E-state index contributed by atoms with van der Waals surface area (Å²) >= 11 is 0. The molecule has 0 aromatic heterocycles. The van der Waals surface area contributed by atoms with Crippen molar-refractivity contribution in [1.29, 1.82) is 0 Å². The lowest BCUT2D eigenvalue weighted by Crippen LogP contribution is -2.32. The normalized spacial score (nSPS) is 12.0. The van der Waals surface area contributed by atoms with Gasteiger partial charge in [-0.05, 0) is 11.6 Å². The van der Waals surface area contributed by atoms with E-state index in [1.807, 2.05) is 6.07 Å². The third-order valence-corrected chi connectivity index (χ3v) is 3.10. The second-order valence-electron chi connectivity index (χ2n) is 4.60. The molecular weight excluding hydrogens is 276 g/mol. The number of carbonyl (C=O) groups excluding carboxylic acids is 1. The first kappa shape index (κ1) is 15.1. The summed E-state index contributed by atoms with van der Waals surface area (Å²) in [6.45, 7) is -0.276. The van der Waals surface area contributed by atoms with E-state index in [1.165, 1.54) is 12.1 Å². The molecule has 0 aliphatic rings. The lowest BCUT2D eigenvalue weighted by atomic mass is 10.1. The van der Waals surface area contributed by atoms with Crippen molar-refractivity contribution in [1.82, 2.24) is 5.32 Å². The number of nitrogens with one attached hydrogen (secondary N) is 1. The Labute approximate surface area is 121 Å². The minimum Gasteiger partial charge on any atom is -0.394 e. The molecule has 3 nitrogen and oxygen atoms in total. The van der Waals surface area contributed by atoms with Crippen molar-refractivity contribution in [3.8, 4) is 0 Å². The topological polar surface area (TPSA) is 49.3 Å². The Bertz CT molecular complexity index is 617. The van der Waals surface area contributed by atoms with Crippen LogP contribution in [-0.4, -0.2) is 17.6 Å². The largest absolute Gasteiger partial charge is 0.394 e. The Morgan fingerprint density at radius 3 is 2.48 bits per heavy atom. The van der Waals surface area contributed by atoms with Gasteiger partial charge in [-0.2, -0.15) is 0 Å². The van der Waals surface area contributed by atoms with Crippen molar-refractivity contribution in [3.05, 3.63) is 71.3 Å². The number of amides is 1. The zero-order valence-electron chi connectivity index (χ0n) is 11.2. The van der Waals surface area contributed by atoms with E-state index in [0.717, 1.165) is 11.6 Å². The van der Waals surface area contributed by atoms with Gasteiger partial charge < -0.3 is 10.4 Å². The van der Waals surface area contributed by atoms with Gasteiger partial charge in [-0.25, -0.2) is 8.78 Å². The van der Waals surface area contributed by atoms with Gasteiger partial charge in [0.2, 0.25) is 5.91 Å². The minimum absolute atomic E-state index is 0.0164. The summed E-state index contributed by atoms with van der Waals surface area (Å²) in [7, 11) is 0. The smallest absolute Gasteiger partial charge is 0.225 e. The van der Waals surface area contributed by atoms with Crippen LogP contribution in [0.1, 0.15) is 17.2 Å². The molecule has 0 heterocycles. The molecule has 0 radical (unpaired) electrons. The zero-order valence-corrected chi connectivity index (χ0v) is 11.2. The molecular formula is C16H15F2NO2. The SMILES string of the molecule is O=C(Cc1cccc(F)c1F)N[C@H](CO)c1ccccc1. The average molecular weight is 291 g/mol. The fraction of sp³-hybridized carbons (Fsp3) is 0.188. The predicted octanol–water partition coefficient (Wildman–Crippen LogP) is 2.36. The minimum atomic E-state index is -1.02. The van der Waals surface area contributed by atoms with Crippen molar-refractivity contribution in [3.63, 3.8) is 0 Å². The molecule has 0 bridgehead atoms. The van der Waals surface area contributed by atoms with Gasteiger partial charge in [0.1, 0.15) is 0 Å². The van der Waals surface area contributed by atoms with Crippen molar-refractivity contribution < 1.29 is 18.7 Å². The highest BCUT2D eigenvalue weighted by Crippen LogP contribution is 2.14. The molecule has 0 saturated carbocycles. The monoisotopic (exact) mass is 291 g/mol. The van der Waals surface area contributed by atoms with Crippen LogP contribution in [0, 0.1) is 11.6 Å². The summed E-state index contributed by atoms with van der Waals surface area (Å²) in [5, 5.41) is 11.9. The van der Waals surface area contributed by atoms with E-state index in [2.05, 4.69) is 5.32 Å². The molecule has 2 rings (SSSR count). The Hall–Kier alpha value is -2.27. The Morgan fingerprint density at radius 2 is 1.81 bits per heavy atom. The number of carbonyl (C=O) groups is 1. The fourth-order valence-electron chi connectivity index (χ4n) is 2.02. The van der Waals surface area contributed by atoms with Crippen molar-refractivity contribution in [2.75, 3.05) is 6.61 Å². The fourth-order valence-corrected chi connectivity index (χ4v) is 2.02. The van der Waals surface area contributed by atoms with Crippen LogP contribution in [0.5, 0.6) is 0 Å². The standard InChI is InChI=1S/C16H15F2NO2/c17-13-8-4-7-12(16(13)18)9-15(21)19-14(10-20)11-5-2-1-3-6-11/h1-8,14,20H,9-10H2,(H,19,21)/t14-/m1/s1. The van der Waals surface area contributed by atoms with E-state index < -0.39 is 23.6 Å². The molecule has 0 aliphatic heterocycles. The highest BCUT2D eigenvalue weighted by Gasteiger charge is 2.16. The van der Waals surface area contributed by atoms with Crippen LogP contribution in [0.3, 0.4) is 0 Å². The molecule has 110 valence electrons. The van der Waals surface area contributed by atoms with Gasteiger partial charge in [0.15, 0.2) is 11.6 Å². The van der Waals surface area contributed by atoms with Gasteiger partial charge in [-0.15, -0.1) is 0 Å². The number of benzene rings is 2. The number of hydrogen-bond donors (Lipinski definition) is 2. The van der Waals surface area contributed by atoms with Crippen LogP contribution in [0.25, 0.3) is 0 Å². The third kappa shape index (κ3) is 3.86. The van der Waals surface area contributed by atoms with Crippen molar-refractivity contribution in [2.45, 2.75) is 12.5 Å². The maximum atomic E-state index is 13.5. The maximum Gasteiger partial charge on any atom is 0.225 e. The second-order valence-corrected chi connectivity index (χ2v) is 4.60. The predicted molar refractivity (Wildman–Crippen MR) is 74.5 cm³/mol. The molecule has 2 N–H and O–H groups in total. The van der Waals surface area contributed by atoms with Gasteiger partial charge in [0.05, 0.1) is 19.1 Å². The molecule has 0 unspecified atom stereocenters. The quantitative estimate of drug-likeness (QED) is 0.888. The van der Waals surface area contributed by atoms with E-state index >= 15 is 0 Å². The number of rotatable bonds is 5. The molecule has 5 heteroatoms. The Morgan fingerprint density at radius 1 is 1.10 bits per heavy atom. The maximum absolute atomic E-state index is 13.5. The van der Waals surface area contributed by atoms with Crippen LogP contribution in [-0.2, 0) is 11.2 Å². The van der Waals surface area contributed by atoms with Gasteiger partial charge in [0.25, 0.3) is 0 Å². The molecule has 0 spiro atoms. The van der Waals surface area contributed by atoms with Crippen LogP contribution >= 0.6 is 0 Å². The molecule has 2 aromatic carbocycles. The van der Waals surface area contributed by atoms with E-state index in [-0.39, 0.29) is 18.6 Å². The summed E-state index contributed by atoms with van der Waals surface area (Å²) in [6.07, 6.45) is -0.285. The first-order chi connectivity index (χ1) is 10.1. The molecule has 1 amide bonds. The molecule has 0 fully saturated rings. The molecule has 1 atom stereocenters. The summed E-state index contributed by atoms with van der Waals surface area (Å²) in [5.41, 5.74) is 0.727. The number of aliphatic hydroxyl groups excluding tert-OH is 1. The van der Waals surface area contributed by atoms with Gasteiger partial charge in [-0.1, -0.05) is 42.5 Å². The molecule has 0 aliphatic carbocycles. The van der Waals surface area contributed by atoms with E-state index in [1.54, 1.807) is 24.3 Å². The number of halogens is 2. The van der Waals surface area contributed by atoms with E-state index in [0.29, 0.717) is 0 Å². The summed E-state index contributed by atoms with van der Waals surface area (Å²) in [4.78, 5) is 11.9. The van der Waals surface area contributed by atoms with E-state index in [9.17, 15) is 18.7 Å². The van der Waals surface area contributed by atoms with E-state index in [4.69, 9.17) is 0 Å². The van der Waals surface area contributed by atoms with Gasteiger partial charge in [-0.3, -0.25) is 4.79 Å². The first-order valence-electron chi connectivity index (χ1n) is 6.50. The molecule has 0 saturated heterocycles. The summed E-state index contributed by atoms with van der Waals surface area (Å²) in [5.74, 6) is -2.49. The van der Waals surface area contributed by atoms with Crippen molar-refractivity contribution in [2.24, 2.45) is 0 Å². The van der Waals surface area contributed by atoms with Crippen LogP contribution < -0.4 is 5.32 Å². The van der Waals surface area contributed by atoms with Crippen LogP contribution in [0.2, 0.25) is 0 Å². The highest BCUT2D eigenvalue weighted by molar-refractivity contribution is 5.79. The highest BCUT2D eigenvalue weighted by atomic mass is 19.2. The van der Waals surface area contributed by atoms with Gasteiger partial charge in [0, 0.05) is 5.56 Å². The van der Waals surface area contributed by atoms with Crippen LogP contribution in [0.15, 0.2) is 48.5 Å². The lowest BCUT2D eigenvalue weighted by molar-refractivity contribution is -0.121. The second kappa shape index (κ2) is 6.95. The summed E-state index contributed by atoms with van der Waals surface area (Å²) < 4.78 is 26.6. The molecule has 21 heavy (non-hydrogen) atoms. The van der Waals surface area contributed by atoms with Crippen molar-refractivity contribution >= 4 is 5.91 Å². The first-order valence-corrected chi connectivity index (χ1v) is 6.50. The third-order valence-electron chi connectivity index (χ3n) is 3.10. The molecule has 2 aromatic rings. The number of aliphatic hydroxyl groups is 1. The van der Waals surface area contributed by atoms with Crippen LogP contribution in [0.4, 0.5) is 8.78 Å². The Kier molecular flexibility index (Phi) is 5.00. The average Bonchev–Trinajstić information content (AvgIpc) is 2.50. The zero-order chi connectivity index (χ0) is 15.2. The number of hydrogen-bond acceptors (Lipinski definition) is 2. The lowest BCUT2D eigenvalue weighted by Gasteiger charge is -2.16. The van der Waals surface area contributed by atoms with Gasteiger partial charge >= 0.3 is 0 Å².